The van der Waals surface area contributed by atoms with Gasteiger partial charge < -0.3 is 77.6 Å². The third-order valence-electron chi connectivity index (χ3n) is 20.3. The summed E-state index contributed by atoms with van der Waals surface area (Å²) in [5.74, 6) is -0.898. The number of furan rings is 2. The maximum Gasteiger partial charge on any atom is 0.482 e. The number of ether oxygens (including phenoxy) is 4. The third kappa shape index (κ3) is 17.5. The van der Waals surface area contributed by atoms with Crippen LogP contribution in [0.5, 0.6) is 0 Å². The number of carbonyl (C=O) groups is 4. The van der Waals surface area contributed by atoms with Crippen LogP contribution in [0, 0.1) is 36.3 Å². The highest BCUT2D eigenvalue weighted by atomic mass is 16.7. The van der Waals surface area contributed by atoms with E-state index in [1.165, 1.54) is 6.26 Å². The van der Waals surface area contributed by atoms with E-state index < -0.39 is 62.1 Å². The number of hydrogen-bond acceptors (Lipinski definition) is 18. The average molecular weight is 1310 g/mol. The Labute approximate surface area is 559 Å². The summed E-state index contributed by atoms with van der Waals surface area (Å²) in [5, 5.41) is 43.7. The van der Waals surface area contributed by atoms with Crippen molar-refractivity contribution < 1.29 is 76.4 Å². The van der Waals surface area contributed by atoms with E-state index in [9.17, 15) is 29.2 Å². The molecule has 4 amide bonds. The second-order valence-corrected chi connectivity index (χ2v) is 28.4. The topological polar surface area (TPSA) is 277 Å². The van der Waals surface area contributed by atoms with Crippen molar-refractivity contribution >= 4 is 67.3 Å². The maximum atomic E-state index is 13.7. The molecule has 24 nitrogen and oxygen atoms in total. The highest BCUT2D eigenvalue weighted by molar-refractivity contribution is 6.48. The molecule has 0 radical (unpaired) electrons. The molecule has 2 aromatic heterocycles. The molecule has 4 aromatic rings. The van der Waals surface area contributed by atoms with Gasteiger partial charge in [0.15, 0.2) is 0 Å². The highest BCUT2D eigenvalue weighted by Gasteiger charge is 2.68. The molecule has 7 heterocycles. The average Bonchev–Trinajstić information content (AvgIpc) is 1.66. The Balaban J connectivity index is 0.000000207. The van der Waals surface area contributed by atoms with Crippen LogP contribution in [0.3, 0.4) is 0 Å². The van der Waals surface area contributed by atoms with E-state index in [2.05, 4.69) is 50.9 Å². The molecule has 95 heavy (non-hydrogen) atoms. The smallest absolute Gasteiger partial charge is 0.464 e. The molecule has 0 spiro atoms. The fraction of sp³-hybridized carbons (Fsp3) is 0.618. The lowest BCUT2D eigenvalue weighted by Gasteiger charge is -2.64. The minimum atomic E-state index is -1.82. The molecule has 12 rings (SSSR count). The third-order valence-corrected chi connectivity index (χ3v) is 20.3. The monoisotopic (exact) mass is 1310 g/mol. The van der Waals surface area contributed by atoms with E-state index in [0.29, 0.717) is 88.4 Å². The summed E-state index contributed by atoms with van der Waals surface area (Å²) in [6.07, 6.45) is 11.2. The number of morpholine rings is 2. The summed E-state index contributed by atoms with van der Waals surface area (Å²) < 4.78 is 46.9. The number of carbonyl (C=O) groups excluding carboxylic acids is 4. The summed E-state index contributed by atoms with van der Waals surface area (Å²) in [5.41, 5.74) is 2.03. The lowest BCUT2D eigenvalue weighted by atomic mass is 9.43. The normalized spacial score (nSPS) is 24.4. The fourth-order valence-corrected chi connectivity index (χ4v) is 14.8. The number of fused-ring (bicyclic) bond motifs is 2. The van der Waals surface area contributed by atoms with E-state index in [1.807, 2.05) is 84.0 Å². The van der Waals surface area contributed by atoms with Gasteiger partial charge in [0.05, 0.1) is 87.8 Å². The number of nitrogens with one attached hydrogen (secondary N) is 2. The first kappa shape index (κ1) is 72.5. The number of amides is 4. The summed E-state index contributed by atoms with van der Waals surface area (Å²) >= 11 is 0. The van der Waals surface area contributed by atoms with Gasteiger partial charge in [-0.15, -0.1) is 0 Å². The molecule has 5 aliphatic heterocycles. The van der Waals surface area contributed by atoms with Gasteiger partial charge in [-0.2, -0.15) is 0 Å². The molecule has 2 bridgehead atoms. The lowest BCUT2D eigenvalue weighted by molar-refractivity contribution is -0.199. The molecule has 8 fully saturated rings. The molecule has 5 saturated heterocycles. The van der Waals surface area contributed by atoms with Crippen LogP contribution in [0.4, 0.5) is 9.59 Å². The predicted molar refractivity (Wildman–Crippen MR) is 358 cm³/mol. The fourth-order valence-electron chi connectivity index (χ4n) is 14.8. The Morgan fingerprint density at radius 2 is 1.18 bits per heavy atom. The molecule has 512 valence electrons. The SMILES string of the molecule is CC(C)CB(O)O.[C-]#[N+]C(=CC(C)(C)N1CCOCC1)C(=O)N1CCC[C@@H]1COC(=O)N[C@@H](Cc1coc2ccccc12)B(O)O.[C-]#[N+]C(=CC(C)(C)N1CCOCC1)C(=O)N1CCC[C@@H]1COC(=O)N[C@@H](Cc1coc2ccccc12)B1O[C@@H]2C[C@@H]3C[C@@H](C3(C)C)[C@]2(C)O1. The Kier molecular flexibility index (Phi) is 24.1. The molecule has 8 aliphatic rings. The van der Waals surface area contributed by atoms with Crippen LogP contribution >= 0.6 is 0 Å². The number of alkyl carbamates (subject to hydrolysis) is 2. The van der Waals surface area contributed by atoms with Crippen LogP contribution in [0.15, 0.2) is 93.4 Å². The second-order valence-electron chi connectivity index (χ2n) is 28.4. The largest absolute Gasteiger partial charge is 0.482 e. The van der Waals surface area contributed by atoms with Crippen molar-refractivity contribution in [1.29, 1.82) is 0 Å². The van der Waals surface area contributed by atoms with Gasteiger partial charge >= 0.3 is 33.5 Å². The minimum Gasteiger partial charge on any atom is -0.464 e. The zero-order valence-corrected chi connectivity index (χ0v) is 56.5. The summed E-state index contributed by atoms with van der Waals surface area (Å²) in [6.45, 7) is 40.5. The number of rotatable bonds is 20. The van der Waals surface area contributed by atoms with Crippen molar-refractivity contribution in [2.45, 2.75) is 167 Å². The van der Waals surface area contributed by atoms with Crippen LogP contribution in [0.2, 0.25) is 6.32 Å². The van der Waals surface area contributed by atoms with Crippen molar-refractivity contribution in [3.8, 4) is 0 Å². The number of para-hydroxylation sites is 2. The van der Waals surface area contributed by atoms with Crippen molar-refractivity contribution in [3.63, 3.8) is 0 Å². The Morgan fingerprint density at radius 1 is 0.705 bits per heavy atom. The van der Waals surface area contributed by atoms with Crippen LogP contribution in [0.1, 0.15) is 112 Å². The van der Waals surface area contributed by atoms with Gasteiger partial charge in [0.1, 0.15) is 24.4 Å². The molecule has 8 atom stereocenters. The zero-order valence-electron chi connectivity index (χ0n) is 56.5. The van der Waals surface area contributed by atoms with Crippen molar-refractivity contribution in [3.05, 3.63) is 119 Å². The van der Waals surface area contributed by atoms with E-state index in [0.717, 1.165) is 79.3 Å². The van der Waals surface area contributed by atoms with Gasteiger partial charge in [-0.3, -0.25) is 19.4 Å². The molecule has 0 unspecified atom stereocenters. The van der Waals surface area contributed by atoms with Gasteiger partial charge in [-0.1, -0.05) is 76.2 Å². The standard InChI is InChI=1S/C37H49BN4O7.C27H35BN4O7.C4H11BO2/c1-35(2,41-14-16-45-17-15-41)21-28(39-6)33(43)42-13-9-10-26(42)23-47-34(44)40-32(18-24-22-46-29-12-8-7-11-27(24)29)38-48-31-20-25-19-30(36(25,3)4)37(31,5)49-38;1-27(2,31-11-13-37-14-12-31)16-22(29-3)25(33)32-10-6-7-20(32)18-39-26(34)30-24(28(35)36)15-19-17-38-23-9-5-4-8-21(19)23;1-4(2)3-5(6)7/h7-8,11-12,21-22,25-26,30-32H,9-10,13-20,23H2,1-5H3,(H,40,44);4-5,8-9,16-17,20,24,35-36H,6-7,10-15,18H2,1-2H3,(H,30,34);4,6-7H,3H2,1-2H3/t25-,26+,30-,31+,32-,37-;20-,24+;/m01./s1. The molecule has 3 saturated carbocycles. The summed E-state index contributed by atoms with van der Waals surface area (Å²) in [6, 6.07) is 14.5. The highest BCUT2D eigenvalue weighted by Crippen LogP contribution is 2.66. The molecule has 2 aromatic carbocycles. The van der Waals surface area contributed by atoms with Gasteiger partial charge in [0, 0.05) is 61.1 Å². The predicted octanol–water partition coefficient (Wildman–Crippen LogP) is 7.34. The lowest BCUT2D eigenvalue weighted by Crippen LogP contribution is -2.65. The first-order valence-electron chi connectivity index (χ1n) is 33.5. The van der Waals surface area contributed by atoms with Gasteiger partial charge in [-0.05, 0) is 139 Å². The Hall–Kier alpha value is -6.75. The summed E-state index contributed by atoms with van der Waals surface area (Å²) in [4.78, 5) is 67.9. The number of nitrogens with zero attached hydrogens (tertiary/aromatic N) is 6. The van der Waals surface area contributed by atoms with E-state index in [1.54, 1.807) is 34.3 Å². The van der Waals surface area contributed by atoms with Gasteiger partial charge in [-0.25, -0.2) is 19.3 Å². The van der Waals surface area contributed by atoms with Gasteiger partial charge in [0.25, 0.3) is 11.8 Å². The van der Waals surface area contributed by atoms with Crippen LogP contribution in [-0.2, 0) is 50.7 Å². The van der Waals surface area contributed by atoms with Crippen molar-refractivity contribution in [1.82, 2.24) is 30.2 Å². The van der Waals surface area contributed by atoms with Crippen molar-refractivity contribution in [2.75, 3.05) is 78.9 Å². The Bertz CT molecular complexity index is 3430. The Morgan fingerprint density at radius 3 is 1.62 bits per heavy atom. The van der Waals surface area contributed by atoms with Crippen LogP contribution in [-0.4, -0.2) is 211 Å². The van der Waals surface area contributed by atoms with Crippen molar-refractivity contribution in [2.24, 2.45) is 23.2 Å². The quantitative estimate of drug-likeness (QED) is 0.0287. The molecule has 27 heteroatoms. The molecule has 3 aliphatic carbocycles. The van der Waals surface area contributed by atoms with E-state index in [-0.39, 0.29) is 66.4 Å². The molecular weight excluding hydrogens is 1220 g/mol. The first-order chi connectivity index (χ1) is 45.2. The first-order valence-corrected chi connectivity index (χ1v) is 33.5. The van der Waals surface area contributed by atoms with E-state index in [4.69, 9.17) is 60.3 Å². The number of benzene rings is 2. The zero-order chi connectivity index (χ0) is 68.4. The molecule has 6 N–H and O–H groups in total. The van der Waals surface area contributed by atoms with Gasteiger partial charge in [0.2, 0.25) is 11.4 Å². The van der Waals surface area contributed by atoms with E-state index >= 15 is 0 Å². The van der Waals surface area contributed by atoms with Crippen LogP contribution < -0.4 is 10.6 Å². The number of hydrogen-bond donors (Lipinski definition) is 6. The minimum absolute atomic E-state index is 0.0295. The maximum absolute atomic E-state index is 13.7. The second kappa shape index (κ2) is 31.6. The molecular formula is C68H95B3N8O16. The summed E-state index contributed by atoms with van der Waals surface area (Å²) in [7, 11) is -3.60. The number of likely N-dealkylation sites (tertiary alicyclic amines) is 2. The van der Waals surface area contributed by atoms with Crippen LogP contribution in [0.25, 0.3) is 31.6 Å².